The lowest BCUT2D eigenvalue weighted by atomic mass is 10.1. The maximum absolute atomic E-state index is 12.0. The quantitative estimate of drug-likeness (QED) is 0.852. The number of aromatic nitrogens is 2. The first-order chi connectivity index (χ1) is 10.2. The Balaban J connectivity index is 2.13. The minimum absolute atomic E-state index is 0.00217. The number of aliphatic hydroxyl groups excluding tert-OH is 1. The Bertz CT molecular complexity index is 693. The molecule has 0 saturated heterocycles. The third-order valence-corrected chi connectivity index (χ3v) is 2.79. The summed E-state index contributed by atoms with van der Waals surface area (Å²) in [6, 6.07) is 6.47. The van der Waals surface area contributed by atoms with Crippen molar-refractivity contribution in [3.63, 3.8) is 0 Å². The Labute approximate surface area is 127 Å². The van der Waals surface area contributed by atoms with Gasteiger partial charge < -0.3 is 5.11 Å². The van der Waals surface area contributed by atoms with E-state index < -0.39 is 0 Å². The normalized spacial score (nSPS) is 9.62. The van der Waals surface area contributed by atoms with Crippen molar-refractivity contribution in [3.8, 4) is 11.8 Å². The van der Waals surface area contributed by atoms with E-state index in [4.69, 9.17) is 16.7 Å². The van der Waals surface area contributed by atoms with Crippen LogP contribution < -0.4 is 5.32 Å². The molecule has 2 aromatic rings. The molecule has 1 heterocycles. The summed E-state index contributed by atoms with van der Waals surface area (Å²) in [6.07, 6.45) is 3.45. The average Bonchev–Trinajstić information content (AvgIpc) is 2.50. The van der Waals surface area contributed by atoms with Gasteiger partial charge in [0.1, 0.15) is 0 Å². The number of hydrogen-bond acceptors (Lipinski definition) is 4. The second-order valence-corrected chi connectivity index (χ2v) is 4.40. The SMILES string of the molecule is O=C(Nc1ncccn1)c1ccc(C#CCCO)c(Cl)c1. The van der Waals surface area contributed by atoms with E-state index in [9.17, 15) is 4.79 Å². The van der Waals surface area contributed by atoms with Crippen LogP contribution in [0, 0.1) is 11.8 Å². The van der Waals surface area contributed by atoms with E-state index in [1.165, 1.54) is 18.5 Å². The smallest absolute Gasteiger partial charge is 0.258 e. The third kappa shape index (κ3) is 4.28. The van der Waals surface area contributed by atoms with Crippen LogP contribution >= 0.6 is 11.6 Å². The molecule has 106 valence electrons. The van der Waals surface area contributed by atoms with Crippen LogP contribution in [0.3, 0.4) is 0 Å². The number of carbonyl (C=O) groups is 1. The highest BCUT2D eigenvalue weighted by molar-refractivity contribution is 6.32. The van der Waals surface area contributed by atoms with Crippen molar-refractivity contribution in [1.29, 1.82) is 0 Å². The number of halogens is 1. The number of hydrogen-bond donors (Lipinski definition) is 2. The van der Waals surface area contributed by atoms with Crippen molar-refractivity contribution in [3.05, 3.63) is 52.8 Å². The predicted octanol–water partition coefficient (Wildman–Crippen LogP) is 2.12. The first-order valence-electron chi connectivity index (χ1n) is 6.18. The number of amides is 1. The molecule has 0 atom stereocenters. The van der Waals surface area contributed by atoms with Crippen LogP contribution in [0.5, 0.6) is 0 Å². The van der Waals surface area contributed by atoms with E-state index in [0.29, 0.717) is 22.6 Å². The first-order valence-corrected chi connectivity index (χ1v) is 6.56. The molecule has 1 aromatic carbocycles. The standard InChI is InChI=1S/C15H12ClN3O2/c16-13-10-12(6-5-11(13)4-1-2-9-20)14(21)19-15-17-7-3-8-18-15/h3,5-8,10,20H,2,9H2,(H,17,18,19,21). The molecule has 1 amide bonds. The summed E-state index contributed by atoms with van der Waals surface area (Å²) >= 11 is 6.08. The number of anilines is 1. The van der Waals surface area contributed by atoms with Gasteiger partial charge in [0.25, 0.3) is 5.91 Å². The molecule has 0 aliphatic rings. The Kier molecular flexibility index (Phi) is 5.27. The van der Waals surface area contributed by atoms with E-state index in [-0.39, 0.29) is 18.5 Å². The van der Waals surface area contributed by atoms with E-state index in [1.807, 2.05) is 0 Å². The van der Waals surface area contributed by atoms with Crippen LogP contribution in [0.1, 0.15) is 22.3 Å². The monoisotopic (exact) mass is 301 g/mol. The Morgan fingerprint density at radius 1 is 1.33 bits per heavy atom. The van der Waals surface area contributed by atoms with Gasteiger partial charge in [0.05, 0.1) is 11.6 Å². The molecule has 0 radical (unpaired) electrons. The molecule has 6 heteroatoms. The second kappa shape index (κ2) is 7.39. The van der Waals surface area contributed by atoms with E-state index >= 15 is 0 Å². The van der Waals surface area contributed by atoms with Gasteiger partial charge in [0.15, 0.2) is 0 Å². The number of nitrogens with one attached hydrogen (secondary N) is 1. The maximum atomic E-state index is 12.0. The molecular formula is C15H12ClN3O2. The van der Waals surface area contributed by atoms with E-state index in [1.54, 1.807) is 18.2 Å². The highest BCUT2D eigenvalue weighted by atomic mass is 35.5. The average molecular weight is 302 g/mol. The fraction of sp³-hybridized carbons (Fsp3) is 0.133. The molecule has 0 saturated carbocycles. The van der Waals surface area contributed by atoms with Gasteiger partial charge in [0, 0.05) is 29.9 Å². The highest BCUT2D eigenvalue weighted by Gasteiger charge is 2.09. The minimum atomic E-state index is -0.349. The number of aliphatic hydroxyl groups is 1. The molecule has 2 rings (SSSR count). The van der Waals surface area contributed by atoms with Crippen molar-refractivity contribution >= 4 is 23.5 Å². The summed E-state index contributed by atoms with van der Waals surface area (Å²) in [4.78, 5) is 19.8. The zero-order valence-corrected chi connectivity index (χ0v) is 11.8. The van der Waals surface area contributed by atoms with Crippen LogP contribution in [-0.2, 0) is 0 Å². The summed E-state index contributed by atoms with van der Waals surface area (Å²) in [5.74, 6) is 5.49. The van der Waals surface area contributed by atoms with Crippen molar-refractivity contribution in [2.45, 2.75) is 6.42 Å². The lowest BCUT2D eigenvalue weighted by Gasteiger charge is -2.04. The molecule has 0 aliphatic heterocycles. The molecule has 0 fully saturated rings. The maximum Gasteiger partial charge on any atom is 0.258 e. The van der Waals surface area contributed by atoms with E-state index in [0.717, 1.165) is 0 Å². The van der Waals surface area contributed by atoms with Crippen molar-refractivity contribution in [2.75, 3.05) is 11.9 Å². The number of rotatable bonds is 3. The number of benzene rings is 1. The summed E-state index contributed by atoms with van der Waals surface area (Å²) in [5.41, 5.74) is 0.998. The predicted molar refractivity (Wildman–Crippen MR) is 80.0 cm³/mol. The summed E-state index contributed by atoms with van der Waals surface area (Å²) < 4.78 is 0. The van der Waals surface area contributed by atoms with Gasteiger partial charge in [-0.1, -0.05) is 23.4 Å². The molecule has 2 N–H and O–H groups in total. The Hall–Kier alpha value is -2.42. The van der Waals surface area contributed by atoms with Gasteiger partial charge in [-0.05, 0) is 24.3 Å². The molecular weight excluding hydrogens is 290 g/mol. The second-order valence-electron chi connectivity index (χ2n) is 4.00. The topological polar surface area (TPSA) is 75.1 Å². The van der Waals surface area contributed by atoms with Crippen LogP contribution in [0.4, 0.5) is 5.95 Å². The Morgan fingerprint density at radius 3 is 2.76 bits per heavy atom. The number of carbonyl (C=O) groups excluding carboxylic acids is 1. The molecule has 5 nitrogen and oxygen atoms in total. The zero-order chi connectivity index (χ0) is 15.1. The highest BCUT2D eigenvalue weighted by Crippen LogP contribution is 2.17. The Morgan fingerprint density at radius 2 is 2.10 bits per heavy atom. The van der Waals surface area contributed by atoms with Gasteiger partial charge in [0.2, 0.25) is 5.95 Å². The van der Waals surface area contributed by atoms with Crippen LogP contribution in [0.15, 0.2) is 36.7 Å². The fourth-order valence-electron chi connectivity index (χ4n) is 1.51. The number of nitrogens with zero attached hydrogens (tertiary/aromatic N) is 2. The van der Waals surface area contributed by atoms with Crippen LogP contribution in [-0.4, -0.2) is 27.6 Å². The minimum Gasteiger partial charge on any atom is -0.395 e. The fourth-order valence-corrected chi connectivity index (χ4v) is 1.74. The van der Waals surface area contributed by atoms with Crippen LogP contribution in [0.25, 0.3) is 0 Å². The molecule has 0 aliphatic carbocycles. The van der Waals surface area contributed by atoms with Crippen molar-refractivity contribution in [1.82, 2.24) is 9.97 Å². The molecule has 0 bridgehead atoms. The lowest BCUT2D eigenvalue weighted by Crippen LogP contribution is -2.13. The lowest BCUT2D eigenvalue weighted by molar-refractivity contribution is 0.102. The van der Waals surface area contributed by atoms with Crippen LogP contribution in [0.2, 0.25) is 5.02 Å². The first kappa shape index (κ1) is 15.0. The zero-order valence-electron chi connectivity index (χ0n) is 11.0. The van der Waals surface area contributed by atoms with Crippen molar-refractivity contribution < 1.29 is 9.90 Å². The largest absolute Gasteiger partial charge is 0.395 e. The van der Waals surface area contributed by atoms with Gasteiger partial charge in [-0.15, -0.1) is 0 Å². The molecule has 0 unspecified atom stereocenters. The van der Waals surface area contributed by atoms with E-state index in [2.05, 4.69) is 27.1 Å². The summed E-state index contributed by atoms with van der Waals surface area (Å²) in [6.45, 7) is 0.00217. The van der Waals surface area contributed by atoms with Gasteiger partial charge in [-0.3, -0.25) is 10.1 Å². The van der Waals surface area contributed by atoms with Gasteiger partial charge in [-0.25, -0.2) is 9.97 Å². The summed E-state index contributed by atoms with van der Waals surface area (Å²) in [5, 5.41) is 11.6. The molecule has 0 spiro atoms. The summed E-state index contributed by atoms with van der Waals surface area (Å²) in [7, 11) is 0. The third-order valence-electron chi connectivity index (χ3n) is 2.48. The molecule has 1 aromatic heterocycles. The molecule has 21 heavy (non-hydrogen) atoms. The van der Waals surface area contributed by atoms with Gasteiger partial charge >= 0.3 is 0 Å². The van der Waals surface area contributed by atoms with Crippen molar-refractivity contribution in [2.24, 2.45) is 0 Å². The van der Waals surface area contributed by atoms with Gasteiger partial charge in [-0.2, -0.15) is 0 Å².